The van der Waals surface area contributed by atoms with Gasteiger partial charge in [0, 0.05) is 13.7 Å². The summed E-state index contributed by atoms with van der Waals surface area (Å²) < 4.78 is 5.19. The van der Waals surface area contributed by atoms with Crippen molar-refractivity contribution in [2.45, 2.75) is 38.7 Å². The lowest BCUT2D eigenvalue weighted by Crippen LogP contribution is -2.49. The van der Waals surface area contributed by atoms with Crippen LogP contribution in [0.1, 0.15) is 33.1 Å². The molecule has 0 atom stereocenters. The maximum Gasteiger partial charge on any atom is 0.240 e. The van der Waals surface area contributed by atoms with E-state index in [0.29, 0.717) is 19.4 Å². The lowest BCUT2D eigenvalue weighted by Gasteiger charge is -2.34. The van der Waals surface area contributed by atoms with Crippen molar-refractivity contribution in [1.82, 2.24) is 5.32 Å². The largest absolute Gasteiger partial charge is 0.377 e. The first-order valence-electron chi connectivity index (χ1n) is 5.20. The molecule has 15 heavy (non-hydrogen) atoms. The van der Waals surface area contributed by atoms with E-state index in [0.717, 1.165) is 6.42 Å². The van der Waals surface area contributed by atoms with Crippen LogP contribution in [0.15, 0.2) is 0 Å². The van der Waals surface area contributed by atoms with Gasteiger partial charge in [-0.25, -0.2) is 0 Å². The molecule has 0 radical (unpaired) electrons. The molecule has 0 spiro atoms. The molecular weight excluding hydrogens is 192 g/mol. The molecule has 0 aliphatic heterocycles. The summed E-state index contributed by atoms with van der Waals surface area (Å²) in [6, 6.07) is 2.12. The van der Waals surface area contributed by atoms with E-state index in [2.05, 4.69) is 11.4 Å². The fourth-order valence-electron chi connectivity index (χ4n) is 1.45. The molecule has 1 amide bonds. The molecule has 4 nitrogen and oxygen atoms in total. The molecule has 1 rings (SSSR count). The van der Waals surface area contributed by atoms with Gasteiger partial charge in [-0.1, -0.05) is 0 Å². The van der Waals surface area contributed by atoms with Crippen LogP contribution < -0.4 is 5.32 Å². The van der Waals surface area contributed by atoms with Crippen molar-refractivity contribution in [3.05, 3.63) is 0 Å². The fraction of sp³-hybridized carbons (Fsp3) is 0.818. The predicted molar refractivity (Wildman–Crippen MR) is 56.0 cm³/mol. The first-order chi connectivity index (χ1) is 6.96. The van der Waals surface area contributed by atoms with Crippen LogP contribution in [0, 0.1) is 16.7 Å². The molecule has 0 bridgehead atoms. The third-order valence-corrected chi connectivity index (χ3v) is 3.08. The van der Waals surface area contributed by atoms with E-state index in [1.807, 2.05) is 13.8 Å². The minimum Gasteiger partial charge on any atom is -0.377 e. The normalized spacial score (nSPS) is 18.8. The molecule has 4 heteroatoms. The number of amides is 1. The van der Waals surface area contributed by atoms with Crippen LogP contribution in [0.25, 0.3) is 0 Å². The fourth-order valence-corrected chi connectivity index (χ4v) is 1.45. The summed E-state index contributed by atoms with van der Waals surface area (Å²) in [6.45, 7) is 4.23. The molecule has 0 aromatic rings. The second-order valence-corrected chi connectivity index (χ2v) is 4.69. The zero-order valence-corrected chi connectivity index (χ0v) is 9.59. The number of rotatable bonds is 4. The Labute approximate surface area is 90.6 Å². The van der Waals surface area contributed by atoms with E-state index in [1.165, 1.54) is 0 Å². The second kappa shape index (κ2) is 4.19. The average molecular weight is 210 g/mol. The van der Waals surface area contributed by atoms with Gasteiger partial charge in [0.15, 0.2) is 0 Å². The maximum atomic E-state index is 11.8. The van der Waals surface area contributed by atoms with Crippen LogP contribution >= 0.6 is 0 Å². The zero-order chi connectivity index (χ0) is 11.5. The average Bonchev–Trinajstić information content (AvgIpc) is 2.14. The summed E-state index contributed by atoms with van der Waals surface area (Å²) >= 11 is 0. The van der Waals surface area contributed by atoms with Crippen LogP contribution in [0.4, 0.5) is 0 Å². The highest BCUT2D eigenvalue weighted by atomic mass is 16.5. The third-order valence-electron chi connectivity index (χ3n) is 3.08. The monoisotopic (exact) mass is 210 g/mol. The highest BCUT2D eigenvalue weighted by Crippen LogP contribution is 2.40. The number of nitriles is 1. The van der Waals surface area contributed by atoms with Gasteiger partial charge in [0.1, 0.15) is 5.41 Å². The molecule has 0 aromatic carbocycles. The topological polar surface area (TPSA) is 62.1 Å². The highest BCUT2D eigenvalue weighted by Gasteiger charge is 2.44. The number of methoxy groups -OCH3 is 1. The molecule has 84 valence electrons. The summed E-state index contributed by atoms with van der Waals surface area (Å²) in [5, 5.41) is 11.7. The molecule has 1 saturated carbocycles. The Kier molecular flexibility index (Phi) is 3.35. The molecule has 1 aliphatic rings. The molecule has 1 N–H and O–H groups in total. The predicted octanol–water partition coefficient (Wildman–Crippen LogP) is 1.22. The molecule has 0 heterocycles. The number of nitrogens with one attached hydrogen (secondary N) is 1. The lowest BCUT2D eigenvalue weighted by atomic mass is 9.69. The smallest absolute Gasteiger partial charge is 0.240 e. The summed E-state index contributed by atoms with van der Waals surface area (Å²) in [5.74, 6) is -0.152. The van der Waals surface area contributed by atoms with E-state index < -0.39 is 5.41 Å². The van der Waals surface area contributed by atoms with Crippen molar-refractivity contribution < 1.29 is 9.53 Å². The van der Waals surface area contributed by atoms with Crippen molar-refractivity contribution in [1.29, 1.82) is 5.26 Å². The maximum absolute atomic E-state index is 11.8. The summed E-state index contributed by atoms with van der Waals surface area (Å²) in [5.41, 5.74) is -1.14. The summed E-state index contributed by atoms with van der Waals surface area (Å²) in [6.07, 6.45) is 2.33. The highest BCUT2D eigenvalue weighted by molar-refractivity contribution is 5.86. The minimum absolute atomic E-state index is 0.152. The van der Waals surface area contributed by atoms with Crippen molar-refractivity contribution in [2.75, 3.05) is 13.7 Å². The molecule has 1 fully saturated rings. The first-order valence-corrected chi connectivity index (χ1v) is 5.20. The SMILES string of the molecule is COC(C)(C)CNC(=O)C1(C#N)CCC1. The lowest BCUT2D eigenvalue weighted by molar-refractivity contribution is -0.133. The Morgan fingerprint density at radius 1 is 1.60 bits per heavy atom. The Morgan fingerprint density at radius 2 is 2.20 bits per heavy atom. The molecule has 0 aromatic heterocycles. The number of ether oxygens (including phenoxy) is 1. The van der Waals surface area contributed by atoms with Crippen molar-refractivity contribution in [2.24, 2.45) is 5.41 Å². The number of hydrogen-bond acceptors (Lipinski definition) is 3. The molecule has 0 saturated heterocycles. The minimum atomic E-state index is -0.760. The van der Waals surface area contributed by atoms with E-state index in [-0.39, 0.29) is 11.5 Å². The van der Waals surface area contributed by atoms with Crippen LogP contribution in [0.5, 0.6) is 0 Å². The van der Waals surface area contributed by atoms with Crippen LogP contribution in [0.2, 0.25) is 0 Å². The molecule has 1 aliphatic carbocycles. The Morgan fingerprint density at radius 3 is 2.53 bits per heavy atom. The van der Waals surface area contributed by atoms with Crippen molar-refractivity contribution >= 4 is 5.91 Å². The molecule has 0 unspecified atom stereocenters. The van der Waals surface area contributed by atoms with Gasteiger partial charge >= 0.3 is 0 Å². The van der Waals surface area contributed by atoms with Crippen molar-refractivity contribution in [3.8, 4) is 6.07 Å². The number of nitrogens with zero attached hydrogens (tertiary/aromatic N) is 1. The van der Waals surface area contributed by atoms with Crippen LogP contribution in [0.3, 0.4) is 0 Å². The Balaban J connectivity index is 2.47. The van der Waals surface area contributed by atoms with E-state index >= 15 is 0 Å². The Bertz CT molecular complexity index is 287. The number of hydrogen-bond donors (Lipinski definition) is 1. The quantitative estimate of drug-likeness (QED) is 0.759. The summed E-state index contributed by atoms with van der Waals surface area (Å²) in [4.78, 5) is 11.8. The van der Waals surface area contributed by atoms with E-state index in [9.17, 15) is 4.79 Å². The second-order valence-electron chi connectivity index (χ2n) is 4.69. The van der Waals surface area contributed by atoms with Gasteiger partial charge in [0.05, 0.1) is 11.7 Å². The standard InChI is InChI=1S/C11H18N2O2/c1-10(2,15-3)8-13-9(14)11(7-12)5-4-6-11/h4-6,8H2,1-3H3,(H,13,14). The van der Waals surface area contributed by atoms with Gasteiger partial charge in [-0.3, -0.25) is 4.79 Å². The van der Waals surface area contributed by atoms with Gasteiger partial charge in [-0.2, -0.15) is 5.26 Å². The zero-order valence-electron chi connectivity index (χ0n) is 9.59. The number of carbonyl (C=O) groups is 1. The van der Waals surface area contributed by atoms with Gasteiger partial charge in [0.2, 0.25) is 5.91 Å². The van der Waals surface area contributed by atoms with E-state index in [1.54, 1.807) is 7.11 Å². The van der Waals surface area contributed by atoms with Gasteiger partial charge in [-0.15, -0.1) is 0 Å². The van der Waals surface area contributed by atoms with Crippen LogP contribution in [-0.4, -0.2) is 25.2 Å². The summed E-state index contributed by atoms with van der Waals surface area (Å²) in [7, 11) is 1.61. The van der Waals surface area contributed by atoms with E-state index in [4.69, 9.17) is 10.00 Å². The molecular formula is C11H18N2O2. The van der Waals surface area contributed by atoms with Crippen molar-refractivity contribution in [3.63, 3.8) is 0 Å². The first kappa shape index (κ1) is 12.0. The van der Waals surface area contributed by atoms with Gasteiger partial charge in [0.25, 0.3) is 0 Å². The Hall–Kier alpha value is -1.08. The number of carbonyl (C=O) groups excluding carboxylic acids is 1. The van der Waals surface area contributed by atoms with Crippen LogP contribution in [-0.2, 0) is 9.53 Å². The third kappa shape index (κ3) is 2.48. The van der Waals surface area contributed by atoms with Gasteiger partial charge in [-0.05, 0) is 33.1 Å². The van der Waals surface area contributed by atoms with Gasteiger partial charge < -0.3 is 10.1 Å².